The van der Waals surface area contributed by atoms with Crippen molar-refractivity contribution in [2.75, 3.05) is 13.7 Å². The summed E-state index contributed by atoms with van der Waals surface area (Å²) in [6.07, 6.45) is -0.566. The van der Waals surface area contributed by atoms with Crippen molar-refractivity contribution in [3.63, 3.8) is 0 Å². The van der Waals surface area contributed by atoms with Crippen LogP contribution in [0.3, 0.4) is 0 Å². The molecule has 0 bridgehead atoms. The Morgan fingerprint density at radius 3 is 2.64 bits per heavy atom. The second kappa shape index (κ2) is 5.35. The van der Waals surface area contributed by atoms with E-state index in [0.717, 1.165) is 5.56 Å². The number of benzene rings is 1. The third-order valence-corrected chi connectivity index (χ3v) is 2.54. The van der Waals surface area contributed by atoms with Gasteiger partial charge in [-0.25, -0.2) is 0 Å². The van der Waals surface area contributed by atoms with Crippen molar-refractivity contribution in [3.05, 3.63) is 34.9 Å². The number of methoxy groups -OCH3 is 1. The van der Waals surface area contributed by atoms with Gasteiger partial charge < -0.3 is 9.84 Å². The van der Waals surface area contributed by atoms with Crippen LogP contribution in [0.25, 0.3) is 0 Å². The zero-order valence-electron chi connectivity index (χ0n) is 8.40. The lowest BCUT2D eigenvalue weighted by Gasteiger charge is -2.19. The van der Waals surface area contributed by atoms with Gasteiger partial charge in [-0.3, -0.25) is 0 Å². The highest BCUT2D eigenvalue weighted by atomic mass is 35.5. The lowest BCUT2D eigenvalue weighted by Crippen LogP contribution is -2.14. The molecule has 0 aliphatic heterocycles. The summed E-state index contributed by atoms with van der Waals surface area (Å²) >= 11 is 5.96. The van der Waals surface area contributed by atoms with E-state index >= 15 is 0 Å². The van der Waals surface area contributed by atoms with E-state index in [-0.39, 0.29) is 5.92 Å². The van der Waals surface area contributed by atoms with Gasteiger partial charge in [-0.1, -0.05) is 36.7 Å². The number of halogens is 1. The molecule has 0 saturated heterocycles. The van der Waals surface area contributed by atoms with Gasteiger partial charge in [0.1, 0.15) is 0 Å². The molecule has 1 N–H and O–H groups in total. The minimum Gasteiger partial charge on any atom is -0.388 e. The minimum atomic E-state index is -0.566. The van der Waals surface area contributed by atoms with Crippen LogP contribution < -0.4 is 0 Å². The fraction of sp³-hybridized carbons (Fsp3) is 0.455. The second-order valence-electron chi connectivity index (χ2n) is 3.40. The number of ether oxygens (including phenoxy) is 1. The average Bonchev–Trinajstić information content (AvgIpc) is 2.18. The van der Waals surface area contributed by atoms with E-state index in [1.54, 1.807) is 13.2 Å². The van der Waals surface area contributed by atoms with Crippen molar-refractivity contribution >= 4 is 11.6 Å². The second-order valence-corrected chi connectivity index (χ2v) is 3.81. The van der Waals surface area contributed by atoms with Gasteiger partial charge in [0, 0.05) is 18.1 Å². The van der Waals surface area contributed by atoms with Crippen LogP contribution in [0.2, 0.25) is 5.02 Å². The van der Waals surface area contributed by atoms with Crippen LogP contribution in [-0.2, 0) is 4.74 Å². The first-order valence-electron chi connectivity index (χ1n) is 4.58. The monoisotopic (exact) mass is 214 g/mol. The lowest BCUT2D eigenvalue weighted by molar-refractivity contribution is 0.0567. The van der Waals surface area contributed by atoms with Crippen molar-refractivity contribution in [3.8, 4) is 0 Å². The van der Waals surface area contributed by atoms with Crippen molar-refractivity contribution in [1.29, 1.82) is 0 Å². The van der Waals surface area contributed by atoms with Gasteiger partial charge in [-0.05, 0) is 11.6 Å². The molecular weight excluding hydrogens is 200 g/mol. The first-order chi connectivity index (χ1) is 6.66. The molecule has 0 spiro atoms. The first kappa shape index (κ1) is 11.5. The largest absolute Gasteiger partial charge is 0.388 e. The third-order valence-electron chi connectivity index (χ3n) is 2.19. The molecular formula is C11H15ClO2. The van der Waals surface area contributed by atoms with Gasteiger partial charge >= 0.3 is 0 Å². The number of aliphatic hydroxyl groups is 1. The molecule has 2 unspecified atom stereocenters. The molecule has 0 aromatic heterocycles. The van der Waals surface area contributed by atoms with E-state index in [1.165, 1.54) is 0 Å². The summed E-state index contributed by atoms with van der Waals surface area (Å²) in [5.41, 5.74) is 0.763. The Labute approximate surface area is 89.5 Å². The van der Waals surface area contributed by atoms with Gasteiger partial charge in [0.15, 0.2) is 0 Å². The van der Waals surface area contributed by atoms with Crippen LogP contribution >= 0.6 is 11.6 Å². The quantitative estimate of drug-likeness (QED) is 0.835. The normalized spacial score (nSPS) is 15.1. The Morgan fingerprint density at radius 2 is 2.07 bits per heavy atom. The SMILES string of the molecule is COCC(C)C(O)c1ccccc1Cl. The molecule has 0 aliphatic rings. The number of hydrogen-bond acceptors (Lipinski definition) is 2. The number of aliphatic hydroxyl groups excluding tert-OH is 1. The fourth-order valence-electron chi connectivity index (χ4n) is 1.38. The van der Waals surface area contributed by atoms with E-state index in [1.807, 2.05) is 25.1 Å². The molecule has 0 amide bonds. The first-order valence-corrected chi connectivity index (χ1v) is 4.96. The van der Waals surface area contributed by atoms with E-state index in [9.17, 15) is 5.11 Å². The van der Waals surface area contributed by atoms with Crippen LogP contribution in [-0.4, -0.2) is 18.8 Å². The van der Waals surface area contributed by atoms with Crippen molar-refractivity contribution in [2.24, 2.45) is 5.92 Å². The van der Waals surface area contributed by atoms with Crippen molar-refractivity contribution in [2.45, 2.75) is 13.0 Å². The molecule has 3 heteroatoms. The fourth-order valence-corrected chi connectivity index (χ4v) is 1.62. The van der Waals surface area contributed by atoms with Gasteiger partial charge in [0.05, 0.1) is 12.7 Å². The smallest absolute Gasteiger partial charge is 0.0851 e. The maximum Gasteiger partial charge on any atom is 0.0851 e. The van der Waals surface area contributed by atoms with E-state index in [0.29, 0.717) is 11.6 Å². The Kier molecular flexibility index (Phi) is 4.39. The topological polar surface area (TPSA) is 29.5 Å². The molecule has 78 valence electrons. The average molecular weight is 215 g/mol. The summed E-state index contributed by atoms with van der Waals surface area (Å²) < 4.78 is 4.98. The predicted molar refractivity (Wildman–Crippen MR) is 57.5 cm³/mol. The Balaban J connectivity index is 2.78. The summed E-state index contributed by atoms with van der Waals surface area (Å²) in [6, 6.07) is 7.32. The zero-order valence-corrected chi connectivity index (χ0v) is 9.16. The molecule has 0 heterocycles. The van der Waals surface area contributed by atoms with Crippen molar-refractivity contribution < 1.29 is 9.84 Å². The highest BCUT2D eigenvalue weighted by Gasteiger charge is 2.18. The van der Waals surface area contributed by atoms with Crippen LogP contribution in [0.1, 0.15) is 18.6 Å². The van der Waals surface area contributed by atoms with Gasteiger partial charge in [0.25, 0.3) is 0 Å². The summed E-state index contributed by atoms with van der Waals surface area (Å²) in [5, 5.41) is 10.5. The standard InChI is InChI=1S/C11H15ClO2/c1-8(7-14-2)11(13)9-5-3-4-6-10(9)12/h3-6,8,11,13H,7H2,1-2H3. The van der Waals surface area contributed by atoms with Crippen LogP contribution in [0.5, 0.6) is 0 Å². The molecule has 1 aromatic rings. The molecule has 1 rings (SSSR count). The molecule has 2 nitrogen and oxygen atoms in total. The Hall–Kier alpha value is -0.570. The van der Waals surface area contributed by atoms with Gasteiger partial charge in [-0.15, -0.1) is 0 Å². The van der Waals surface area contributed by atoms with Gasteiger partial charge in [0.2, 0.25) is 0 Å². The zero-order chi connectivity index (χ0) is 10.6. The maximum atomic E-state index is 9.94. The van der Waals surface area contributed by atoms with Crippen LogP contribution in [0, 0.1) is 5.92 Å². The molecule has 0 saturated carbocycles. The van der Waals surface area contributed by atoms with E-state index in [2.05, 4.69) is 0 Å². The van der Waals surface area contributed by atoms with E-state index < -0.39 is 6.10 Å². The molecule has 0 fully saturated rings. The Bertz CT molecular complexity index is 288. The highest BCUT2D eigenvalue weighted by Crippen LogP contribution is 2.27. The third kappa shape index (κ3) is 2.71. The minimum absolute atomic E-state index is 0.0416. The predicted octanol–water partition coefficient (Wildman–Crippen LogP) is 2.66. The number of hydrogen-bond donors (Lipinski definition) is 1. The lowest BCUT2D eigenvalue weighted by atomic mass is 9.98. The summed E-state index contributed by atoms with van der Waals surface area (Å²) in [4.78, 5) is 0. The number of rotatable bonds is 4. The van der Waals surface area contributed by atoms with Crippen LogP contribution in [0.15, 0.2) is 24.3 Å². The summed E-state index contributed by atoms with van der Waals surface area (Å²) in [6.45, 7) is 2.45. The molecule has 14 heavy (non-hydrogen) atoms. The molecule has 0 radical (unpaired) electrons. The molecule has 1 aromatic carbocycles. The highest BCUT2D eigenvalue weighted by molar-refractivity contribution is 6.31. The van der Waals surface area contributed by atoms with Crippen molar-refractivity contribution in [1.82, 2.24) is 0 Å². The summed E-state index contributed by atoms with van der Waals surface area (Å²) in [5.74, 6) is 0.0416. The Morgan fingerprint density at radius 1 is 1.43 bits per heavy atom. The maximum absolute atomic E-state index is 9.94. The van der Waals surface area contributed by atoms with Gasteiger partial charge in [-0.2, -0.15) is 0 Å². The van der Waals surface area contributed by atoms with E-state index in [4.69, 9.17) is 16.3 Å². The molecule has 0 aliphatic carbocycles. The van der Waals surface area contributed by atoms with Crippen LogP contribution in [0.4, 0.5) is 0 Å². The summed E-state index contributed by atoms with van der Waals surface area (Å²) in [7, 11) is 1.62. The molecule has 2 atom stereocenters.